The summed E-state index contributed by atoms with van der Waals surface area (Å²) in [6.45, 7) is 4.00. The highest BCUT2D eigenvalue weighted by Crippen LogP contribution is 2.37. The number of carbonyl (C=O) groups excluding carboxylic acids is 2. The summed E-state index contributed by atoms with van der Waals surface area (Å²) in [7, 11) is 0. The van der Waals surface area contributed by atoms with Crippen molar-refractivity contribution >= 4 is 23.4 Å². The predicted octanol–water partition coefficient (Wildman–Crippen LogP) is 2.16. The first kappa shape index (κ1) is 15.8. The molecule has 0 heterocycles. The third-order valence-electron chi connectivity index (χ3n) is 3.76. The van der Waals surface area contributed by atoms with Crippen molar-refractivity contribution in [1.82, 2.24) is 10.6 Å². The average molecular weight is 309 g/mol. The Morgan fingerprint density at radius 1 is 1.38 bits per heavy atom. The molecule has 0 unspecified atom stereocenters. The van der Waals surface area contributed by atoms with E-state index in [4.69, 9.17) is 11.6 Å². The van der Waals surface area contributed by atoms with Gasteiger partial charge in [0.1, 0.15) is 0 Å². The Morgan fingerprint density at radius 2 is 2.05 bits per heavy atom. The van der Waals surface area contributed by atoms with Crippen molar-refractivity contribution in [2.75, 3.05) is 6.54 Å². The second-order valence-corrected chi connectivity index (χ2v) is 6.21. The van der Waals surface area contributed by atoms with Crippen LogP contribution in [0.25, 0.3) is 0 Å². The highest BCUT2D eigenvalue weighted by atomic mass is 35.5. The molecular formula is C16H21ClN2O2. The number of amides is 2. The molecule has 0 spiro atoms. The summed E-state index contributed by atoms with van der Waals surface area (Å²) >= 11 is 6.09. The molecule has 0 aromatic heterocycles. The number of halogens is 1. The van der Waals surface area contributed by atoms with Crippen LogP contribution >= 0.6 is 11.6 Å². The zero-order valence-corrected chi connectivity index (χ0v) is 13.1. The molecule has 0 saturated heterocycles. The minimum Gasteiger partial charge on any atom is -0.352 e. The Bertz CT molecular complexity index is 533. The summed E-state index contributed by atoms with van der Waals surface area (Å²) in [5.41, 5.74) is 1.00. The molecule has 3 atom stereocenters. The van der Waals surface area contributed by atoms with Crippen molar-refractivity contribution in [1.29, 1.82) is 0 Å². The third kappa shape index (κ3) is 4.74. The van der Waals surface area contributed by atoms with Gasteiger partial charge in [-0.15, -0.1) is 0 Å². The molecule has 21 heavy (non-hydrogen) atoms. The summed E-state index contributed by atoms with van der Waals surface area (Å²) in [5.74, 6) is 0.359. The lowest BCUT2D eigenvalue weighted by Crippen LogP contribution is -2.42. The molecule has 5 heteroatoms. The molecule has 1 aromatic carbocycles. The summed E-state index contributed by atoms with van der Waals surface area (Å²) in [5, 5.41) is 6.25. The molecular weight excluding hydrogens is 288 g/mol. The topological polar surface area (TPSA) is 58.2 Å². The molecule has 0 radical (unpaired) electrons. The Kier molecular flexibility index (Phi) is 5.23. The van der Waals surface area contributed by atoms with E-state index in [0.717, 1.165) is 12.0 Å². The monoisotopic (exact) mass is 308 g/mol. The van der Waals surface area contributed by atoms with E-state index in [1.807, 2.05) is 38.1 Å². The lowest BCUT2D eigenvalue weighted by molar-refractivity contribution is -0.127. The van der Waals surface area contributed by atoms with E-state index in [2.05, 4.69) is 10.6 Å². The third-order valence-corrected chi connectivity index (χ3v) is 4.13. The van der Waals surface area contributed by atoms with Gasteiger partial charge in [-0.2, -0.15) is 0 Å². The molecule has 2 rings (SSSR count). The summed E-state index contributed by atoms with van der Waals surface area (Å²) < 4.78 is 0. The smallest absolute Gasteiger partial charge is 0.239 e. The molecule has 2 amide bonds. The van der Waals surface area contributed by atoms with Gasteiger partial charge < -0.3 is 10.6 Å². The van der Waals surface area contributed by atoms with E-state index >= 15 is 0 Å². The molecule has 114 valence electrons. The van der Waals surface area contributed by atoms with E-state index in [-0.39, 0.29) is 30.3 Å². The largest absolute Gasteiger partial charge is 0.352 e. The van der Waals surface area contributed by atoms with Gasteiger partial charge in [-0.25, -0.2) is 0 Å². The fourth-order valence-corrected chi connectivity index (χ4v) is 2.57. The number of nitrogens with one attached hydrogen (secondary N) is 2. The van der Waals surface area contributed by atoms with Crippen molar-refractivity contribution in [2.24, 2.45) is 11.8 Å². The minimum absolute atomic E-state index is 0.0172. The summed E-state index contributed by atoms with van der Waals surface area (Å²) in [4.78, 5) is 23.4. The van der Waals surface area contributed by atoms with Crippen LogP contribution in [-0.2, 0) is 16.0 Å². The van der Waals surface area contributed by atoms with Gasteiger partial charge in [0.05, 0.1) is 6.54 Å². The van der Waals surface area contributed by atoms with Gasteiger partial charge in [0.15, 0.2) is 0 Å². The van der Waals surface area contributed by atoms with E-state index in [9.17, 15) is 9.59 Å². The first-order valence-corrected chi connectivity index (χ1v) is 7.65. The van der Waals surface area contributed by atoms with E-state index in [0.29, 0.717) is 17.4 Å². The molecule has 1 aliphatic carbocycles. The molecule has 1 aromatic rings. The zero-order chi connectivity index (χ0) is 15.4. The maximum atomic E-state index is 11.8. The SMILES string of the molecule is C[C@H](Cc1ccccc1Cl)NC(=O)CNC(=O)[C@@H]1C[C@H]1C. The van der Waals surface area contributed by atoms with Crippen LogP contribution in [0.1, 0.15) is 25.8 Å². The molecule has 2 N–H and O–H groups in total. The van der Waals surface area contributed by atoms with Crippen LogP contribution in [0.4, 0.5) is 0 Å². The number of benzene rings is 1. The van der Waals surface area contributed by atoms with Gasteiger partial charge in [0.2, 0.25) is 11.8 Å². The van der Waals surface area contributed by atoms with E-state index in [1.54, 1.807) is 0 Å². The summed E-state index contributed by atoms with van der Waals surface area (Å²) in [6, 6.07) is 7.55. The lowest BCUT2D eigenvalue weighted by Gasteiger charge is -2.15. The highest BCUT2D eigenvalue weighted by molar-refractivity contribution is 6.31. The highest BCUT2D eigenvalue weighted by Gasteiger charge is 2.38. The average Bonchev–Trinajstić information content (AvgIpc) is 3.16. The van der Waals surface area contributed by atoms with E-state index in [1.165, 1.54) is 0 Å². The van der Waals surface area contributed by atoms with Crippen LogP contribution < -0.4 is 10.6 Å². The van der Waals surface area contributed by atoms with E-state index < -0.39 is 0 Å². The predicted molar refractivity (Wildman–Crippen MR) is 83.0 cm³/mol. The Hall–Kier alpha value is -1.55. The van der Waals surface area contributed by atoms with Gasteiger partial charge in [0.25, 0.3) is 0 Å². The van der Waals surface area contributed by atoms with Crippen molar-refractivity contribution < 1.29 is 9.59 Å². The second-order valence-electron chi connectivity index (χ2n) is 5.80. The van der Waals surface area contributed by atoms with Gasteiger partial charge >= 0.3 is 0 Å². The molecule has 0 aliphatic heterocycles. The van der Waals surface area contributed by atoms with Gasteiger partial charge in [-0.3, -0.25) is 9.59 Å². The Labute approximate surface area is 130 Å². The maximum absolute atomic E-state index is 11.8. The van der Waals surface area contributed by atoms with Crippen LogP contribution in [0.2, 0.25) is 5.02 Å². The number of hydrogen-bond donors (Lipinski definition) is 2. The van der Waals surface area contributed by atoms with Crippen molar-refractivity contribution in [3.63, 3.8) is 0 Å². The van der Waals surface area contributed by atoms with Gasteiger partial charge in [-0.1, -0.05) is 36.7 Å². The molecule has 1 aliphatic rings. The fourth-order valence-electron chi connectivity index (χ4n) is 2.36. The molecule has 0 bridgehead atoms. The Balaban J connectivity index is 1.72. The maximum Gasteiger partial charge on any atom is 0.239 e. The Morgan fingerprint density at radius 3 is 2.67 bits per heavy atom. The van der Waals surface area contributed by atoms with Crippen molar-refractivity contribution in [3.8, 4) is 0 Å². The lowest BCUT2D eigenvalue weighted by atomic mass is 10.1. The quantitative estimate of drug-likeness (QED) is 0.846. The van der Waals surface area contributed by atoms with Crippen LogP contribution in [0.15, 0.2) is 24.3 Å². The standard InChI is InChI=1S/C16H21ClN2O2/c1-10-7-13(10)16(21)18-9-15(20)19-11(2)8-12-5-3-4-6-14(12)17/h3-6,10-11,13H,7-9H2,1-2H3,(H,18,21)(H,19,20)/t10-,11-,13-/m1/s1. The second kappa shape index (κ2) is 6.94. The van der Waals surface area contributed by atoms with Crippen LogP contribution in [0.3, 0.4) is 0 Å². The molecule has 1 fully saturated rings. The number of carbonyl (C=O) groups is 2. The molecule has 4 nitrogen and oxygen atoms in total. The fraction of sp³-hybridized carbons (Fsp3) is 0.500. The number of hydrogen-bond acceptors (Lipinski definition) is 2. The summed E-state index contributed by atoms with van der Waals surface area (Å²) in [6.07, 6.45) is 1.59. The van der Waals surface area contributed by atoms with Crippen molar-refractivity contribution in [2.45, 2.75) is 32.7 Å². The van der Waals surface area contributed by atoms with Crippen LogP contribution in [0, 0.1) is 11.8 Å². The van der Waals surface area contributed by atoms with Crippen molar-refractivity contribution in [3.05, 3.63) is 34.9 Å². The first-order chi connectivity index (χ1) is 9.97. The van der Waals surface area contributed by atoms with Crippen LogP contribution in [-0.4, -0.2) is 24.4 Å². The minimum atomic E-state index is -0.170. The normalized spacial score (nSPS) is 21.5. The van der Waals surface area contributed by atoms with Crippen LogP contribution in [0.5, 0.6) is 0 Å². The zero-order valence-electron chi connectivity index (χ0n) is 12.4. The molecule has 1 saturated carbocycles. The van der Waals surface area contributed by atoms with Gasteiger partial charge in [0, 0.05) is 17.0 Å². The van der Waals surface area contributed by atoms with Gasteiger partial charge in [-0.05, 0) is 37.3 Å². The number of rotatable bonds is 6. The first-order valence-electron chi connectivity index (χ1n) is 7.28.